The molecule has 27 heavy (non-hydrogen) atoms. The summed E-state index contributed by atoms with van der Waals surface area (Å²) in [6.07, 6.45) is -0.606. The molecule has 0 bridgehead atoms. The van der Waals surface area contributed by atoms with E-state index in [1.165, 1.54) is 0 Å². The molecule has 1 amide bonds. The highest BCUT2D eigenvalue weighted by atomic mass is 16.5. The average Bonchev–Trinajstić information content (AvgIpc) is 2.67. The number of para-hydroxylation sites is 1. The van der Waals surface area contributed by atoms with Gasteiger partial charge in [0.1, 0.15) is 17.2 Å². The van der Waals surface area contributed by atoms with Crippen molar-refractivity contribution in [3.63, 3.8) is 0 Å². The van der Waals surface area contributed by atoms with E-state index >= 15 is 0 Å². The van der Waals surface area contributed by atoms with Crippen molar-refractivity contribution in [2.24, 2.45) is 0 Å². The molecule has 1 unspecified atom stereocenters. The molecule has 0 spiro atoms. The van der Waals surface area contributed by atoms with E-state index < -0.39 is 6.10 Å². The van der Waals surface area contributed by atoms with Gasteiger partial charge in [-0.2, -0.15) is 0 Å². The van der Waals surface area contributed by atoms with Gasteiger partial charge in [-0.1, -0.05) is 30.3 Å². The van der Waals surface area contributed by atoms with Gasteiger partial charge in [-0.15, -0.1) is 0 Å². The smallest absolute Gasteiger partial charge is 0.265 e. The van der Waals surface area contributed by atoms with E-state index in [9.17, 15) is 4.79 Å². The highest BCUT2D eigenvalue weighted by molar-refractivity contribution is 5.94. The molecule has 4 nitrogen and oxygen atoms in total. The third-order valence-corrected chi connectivity index (χ3v) is 4.12. The summed E-state index contributed by atoms with van der Waals surface area (Å²) in [5.41, 5.74) is 2.79. The van der Waals surface area contributed by atoms with Crippen LogP contribution in [0.3, 0.4) is 0 Å². The van der Waals surface area contributed by atoms with Gasteiger partial charge < -0.3 is 14.8 Å². The number of anilines is 1. The number of hydrogen-bond donors (Lipinski definition) is 1. The highest BCUT2D eigenvalue weighted by Gasteiger charge is 2.16. The molecule has 3 aromatic carbocycles. The minimum absolute atomic E-state index is 0.201. The van der Waals surface area contributed by atoms with Crippen LogP contribution in [-0.4, -0.2) is 12.0 Å². The van der Waals surface area contributed by atoms with Gasteiger partial charge in [0.05, 0.1) is 0 Å². The number of carbonyl (C=O) groups excluding carboxylic acids is 1. The van der Waals surface area contributed by atoms with Crippen LogP contribution in [0, 0.1) is 13.8 Å². The molecule has 0 aliphatic rings. The molecule has 0 aromatic heterocycles. The maximum Gasteiger partial charge on any atom is 0.265 e. The molecular weight excluding hydrogens is 338 g/mol. The van der Waals surface area contributed by atoms with Crippen LogP contribution >= 0.6 is 0 Å². The quantitative estimate of drug-likeness (QED) is 0.630. The first-order chi connectivity index (χ1) is 13.0. The number of benzene rings is 3. The summed E-state index contributed by atoms with van der Waals surface area (Å²) < 4.78 is 11.6. The fourth-order valence-electron chi connectivity index (χ4n) is 2.55. The third kappa shape index (κ3) is 5.11. The van der Waals surface area contributed by atoms with Gasteiger partial charge in [0.25, 0.3) is 5.91 Å². The van der Waals surface area contributed by atoms with Gasteiger partial charge in [-0.05, 0) is 74.4 Å². The van der Waals surface area contributed by atoms with Crippen molar-refractivity contribution in [3.8, 4) is 17.2 Å². The predicted octanol–water partition coefficient (Wildman–Crippen LogP) is 5.50. The molecule has 4 heteroatoms. The number of rotatable bonds is 6. The Morgan fingerprint density at radius 3 is 2.26 bits per heavy atom. The number of nitrogens with one attached hydrogen (secondary N) is 1. The van der Waals surface area contributed by atoms with Gasteiger partial charge in [-0.25, -0.2) is 0 Å². The van der Waals surface area contributed by atoms with Crippen molar-refractivity contribution in [1.82, 2.24) is 0 Å². The molecule has 1 atom stereocenters. The molecular formula is C23H23NO3. The molecule has 0 saturated heterocycles. The molecule has 0 saturated carbocycles. The Morgan fingerprint density at radius 1 is 0.889 bits per heavy atom. The van der Waals surface area contributed by atoms with Crippen molar-refractivity contribution in [2.75, 3.05) is 5.32 Å². The molecule has 1 N–H and O–H groups in total. The summed E-state index contributed by atoms with van der Waals surface area (Å²) in [7, 11) is 0. The minimum atomic E-state index is -0.606. The van der Waals surface area contributed by atoms with E-state index in [4.69, 9.17) is 9.47 Å². The summed E-state index contributed by atoms with van der Waals surface area (Å²) in [6, 6.07) is 22.8. The Kier molecular flexibility index (Phi) is 5.77. The largest absolute Gasteiger partial charge is 0.481 e. The lowest BCUT2D eigenvalue weighted by Crippen LogP contribution is -2.30. The van der Waals surface area contributed by atoms with Crippen LogP contribution in [0.15, 0.2) is 72.8 Å². The van der Waals surface area contributed by atoms with Crippen LogP contribution in [0.4, 0.5) is 5.69 Å². The van der Waals surface area contributed by atoms with Gasteiger partial charge in [0, 0.05) is 5.69 Å². The molecule has 3 aromatic rings. The first-order valence-corrected chi connectivity index (χ1v) is 8.89. The SMILES string of the molecule is Cc1ccc(C)c(OC(C)C(=O)Nc2ccc(Oc3ccccc3)cc2)c1. The Labute approximate surface area is 159 Å². The third-order valence-electron chi connectivity index (χ3n) is 4.12. The fourth-order valence-corrected chi connectivity index (χ4v) is 2.55. The summed E-state index contributed by atoms with van der Waals surface area (Å²) in [5.74, 6) is 2.00. The second kappa shape index (κ2) is 8.41. The molecule has 0 aliphatic carbocycles. The summed E-state index contributed by atoms with van der Waals surface area (Å²) in [5, 5.41) is 2.87. The van der Waals surface area contributed by atoms with Gasteiger partial charge in [-0.3, -0.25) is 4.79 Å². The van der Waals surface area contributed by atoms with E-state index in [0.717, 1.165) is 22.6 Å². The van der Waals surface area contributed by atoms with Crippen molar-refractivity contribution >= 4 is 11.6 Å². The highest BCUT2D eigenvalue weighted by Crippen LogP contribution is 2.23. The van der Waals surface area contributed by atoms with Crippen molar-refractivity contribution in [1.29, 1.82) is 0 Å². The molecule has 0 fully saturated rings. The fraction of sp³-hybridized carbons (Fsp3) is 0.174. The minimum Gasteiger partial charge on any atom is -0.481 e. The van der Waals surface area contributed by atoms with Crippen LogP contribution in [0.25, 0.3) is 0 Å². The average molecular weight is 361 g/mol. The Bertz CT molecular complexity index is 905. The van der Waals surface area contributed by atoms with Crippen LogP contribution < -0.4 is 14.8 Å². The monoisotopic (exact) mass is 361 g/mol. The summed E-state index contributed by atoms with van der Waals surface area (Å²) in [4.78, 5) is 12.4. The zero-order valence-corrected chi connectivity index (χ0v) is 15.7. The Balaban J connectivity index is 1.59. The number of carbonyl (C=O) groups is 1. The van der Waals surface area contributed by atoms with Crippen LogP contribution in [0.5, 0.6) is 17.2 Å². The Hall–Kier alpha value is -3.27. The maximum absolute atomic E-state index is 12.4. The number of ether oxygens (including phenoxy) is 2. The first-order valence-electron chi connectivity index (χ1n) is 8.89. The van der Waals surface area contributed by atoms with E-state index in [0.29, 0.717) is 11.4 Å². The van der Waals surface area contributed by atoms with Crippen LogP contribution in [0.2, 0.25) is 0 Å². The predicted molar refractivity (Wildman–Crippen MR) is 108 cm³/mol. The van der Waals surface area contributed by atoms with Crippen molar-refractivity contribution in [3.05, 3.63) is 83.9 Å². The molecule has 0 radical (unpaired) electrons. The lowest BCUT2D eigenvalue weighted by Gasteiger charge is -2.17. The van der Waals surface area contributed by atoms with Crippen molar-refractivity contribution < 1.29 is 14.3 Å². The lowest BCUT2D eigenvalue weighted by molar-refractivity contribution is -0.122. The number of aryl methyl sites for hydroxylation is 2. The van der Waals surface area contributed by atoms with Crippen LogP contribution in [-0.2, 0) is 4.79 Å². The van der Waals surface area contributed by atoms with Gasteiger partial charge in [0.15, 0.2) is 6.10 Å². The normalized spacial score (nSPS) is 11.5. The zero-order chi connectivity index (χ0) is 19.2. The zero-order valence-electron chi connectivity index (χ0n) is 15.7. The van der Waals surface area contributed by atoms with E-state index in [-0.39, 0.29) is 5.91 Å². The Morgan fingerprint density at radius 2 is 1.56 bits per heavy atom. The van der Waals surface area contributed by atoms with E-state index in [1.54, 1.807) is 19.1 Å². The maximum atomic E-state index is 12.4. The number of hydrogen-bond acceptors (Lipinski definition) is 3. The van der Waals surface area contributed by atoms with Crippen molar-refractivity contribution in [2.45, 2.75) is 26.9 Å². The molecule has 3 rings (SSSR count). The van der Waals surface area contributed by atoms with E-state index in [1.807, 2.05) is 74.5 Å². The molecule has 138 valence electrons. The second-order valence-corrected chi connectivity index (χ2v) is 6.46. The lowest BCUT2D eigenvalue weighted by atomic mass is 10.1. The van der Waals surface area contributed by atoms with Gasteiger partial charge >= 0.3 is 0 Å². The van der Waals surface area contributed by atoms with Gasteiger partial charge in [0.2, 0.25) is 0 Å². The molecule has 0 aliphatic heterocycles. The van der Waals surface area contributed by atoms with Crippen LogP contribution in [0.1, 0.15) is 18.1 Å². The molecule has 0 heterocycles. The number of amides is 1. The first kappa shape index (κ1) is 18.5. The second-order valence-electron chi connectivity index (χ2n) is 6.46. The standard InChI is InChI=1S/C23H23NO3/c1-16-9-10-17(2)22(15-16)26-18(3)23(25)24-19-11-13-21(14-12-19)27-20-7-5-4-6-8-20/h4-15,18H,1-3H3,(H,24,25). The summed E-state index contributed by atoms with van der Waals surface area (Å²) >= 11 is 0. The summed E-state index contributed by atoms with van der Waals surface area (Å²) in [6.45, 7) is 5.70. The topological polar surface area (TPSA) is 47.6 Å². The van der Waals surface area contributed by atoms with E-state index in [2.05, 4.69) is 5.32 Å².